The number of aromatic nitrogens is 4. The van der Waals surface area contributed by atoms with E-state index in [0.29, 0.717) is 5.82 Å². The van der Waals surface area contributed by atoms with Crippen molar-refractivity contribution in [3.05, 3.63) is 34.8 Å². The summed E-state index contributed by atoms with van der Waals surface area (Å²) in [5.74, 6) is 0.650. The summed E-state index contributed by atoms with van der Waals surface area (Å²) < 4.78 is 5.06. The second kappa shape index (κ2) is 4.94. The van der Waals surface area contributed by atoms with Crippen molar-refractivity contribution >= 4 is 27.4 Å². The molecule has 3 aromatic heterocycles. The third-order valence-electron chi connectivity index (χ3n) is 3.42. The highest BCUT2D eigenvalue weighted by Crippen LogP contribution is 2.29. The van der Waals surface area contributed by atoms with E-state index in [1.54, 1.807) is 0 Å². The third-order valence-corrected chi connectivity index (χ3v) is 4.26. The minimum atomic E-state index is 0.650. The fourth-order valence-corrected chi connectivity index (χ4v) is 2.73. The number of nitrogens with zero attached hydrogens (tertiary/aromatic N) is 4. The summed E-state index contributed by atoms with van der Waals surface area (Å²) in [6.45, 7) is 5.06. The van der Waals surface area contributed by atoms with Crippen LogP contribution in [0.4, 0.5) is 5.82 Å². The Balaban J connectivity index is 2.25. The van der Waals surface area contributed by atoms with Gasteiger partial charge >= 0.3 is 0 Å². The minimum Gasteiger partial charge on any atom is -0.383 e. The van der Waals surface area contributed by atoms with Gasteiger partial charge in [-0.15, -0.1) is 0 Å². The van der Waals surface area contributed by atoms with Gasteiger partial charge in [0, 0.05) is 16.7 Å². The van der Waals surface area contributed by atoms with Crippen LogP contribution in [0.1, 0.15) is 19.0 Å². The highest BCUT2D eigenvalue weighted by Gasteiger charge is 2.16. The summed E-state index contributed by atoms with van der Waals surface area (Å²) in [6, 6.07) is 3.95. The smallest absolute Gasteiger partial charge is 0.139 e. The zero-order valence-corrected chi connectivity index (χ0v) is 13.1. The molecule has 20 heavy (non-hydrogen) atoms. The van der Waals surface area contributed by atoms with Gasteiger partial charge in [-0.1, -0.05) is 6.92 Å². The molecular weight excluding hydrogens is 318 g/mol. The normalized spacial score (nSPS) is 11.3. The maximum atomic E-state index is 6.30. The number of rotatable bonds is 3. The monoisotopic (exact) mass is 333 g/mol. The predicted octanol–water partition coefficient (Wildman–Crippen LogP) is 3.26. The lowest BCUT2D eigenvalue weighted by Gasteiger charge is -2.06. The molecule has 0 aliphatic rings. The highest BCUT2D eigenvalue weighted by molar-refractivity contribution is 9.10. The fraction of sp³-hybridized carbons (Fsp3) is 0.286. The van der Waals surface area contributed by atoms with E-state index in [0.717, 1.165) is 40.2 Å². The van der Waals surface area contributed by atoms with Crippen LogP contribution in [0, 0.1) is 6.92 Å². The van der Waals surface area contributed by atoms with Gasteiger partial charge in [0.15, 0.2) is 0 Å². The number of halogens is 1. The van der Waals surface area contributed by atoms with Gasteiger partial charge in [-0.3, -0.25) is 4.40 Å². The van der Waals surface area contributed by atoms with Gasteiger partial charge < -0.3 is 10.3 Å². The molecule has 0 saturated carbocycles. The lowest BCUT2D eigenvalue weighted by atomic mass is 10.3. The Morgan fingerprint density at radius 2 is 2.15 bits per heavy atom. The molecule has 0 atom stereocenters. The van der Waals surface area contributed by atoms with Crippen molar-refractivity contribution in [3.8, 4) is 11.4 Å². The van der Waals surface area contributed by atoms with Crippen LogP contribution < -0.4 is 5.73 Å². The number of fused-ring (bicyclic) bond motifs is 1. The molecule has 5 nitrogen and oxygen atoms in total. The summed E-state index contributed by atoms with van der Waals surface area (Å²) in [5, 5.41) is 0. The molecule has 0 amide bonds. The van der Waals surface area contributed by atoms with E-state index in [1.807, 2.05) is 36.0 Å². The van der Waals surface area contributed by atoms with Crippen LogP contribution >= 0.6 is 15.9 Å². The fourth-order valence-electron chi connectivity index (χ4n) is 2.42. The molecule has 0 radical (unpaired) electrons. The largest absolute Gasteiger partial charge is 0.383 e. The van der Waals surface area contributed by atoms with E-state index in [4.69, 9.17) is 5.73 Å². The van der Waals surface area contributed by atoms with Gasteiger partial charge in [0.05, 0.1) is 18.2 Å². The van der Waals surface area contributed by atoms with Crippen molar-refractivity contribution in [1.82, 2.24) is 18.9 Å². The first kappa shape index (κ1) is 13.2. The molecule has 3 rings (SSSR count). The van der Waals surface area contributed by atoms with Crippen molar-refractivity contribution in [2.75, 3.05) is 5.73 Å². The Bertz CT molecular complexity index is 771. The van der Waals surface area contributed by atoms with E-state index in [-0.39, 0.29) is 0 Å². The van der Waals surface area contributed by atoms with Crippen molar-refractivity contribution < 1.29 is 0 Å². The quantitative estimate of drug-likeness (QED) is 0.800. The van der Waals surface area contributed by atoms with Crippen molar-refractivity contribution in [2.45, 2.75) is 26.8 Å². The standard InChI is InChI=1S/C14H16BrN5/c1-3-6-19-8-17-7-11(19)13-14(16)20-9(2)10(15)4-5-12(20)18-13/h4-5,7-8H,3,6,16H2,1-2H3. The van der Waals surface area contributed by atoms with Gasteiger partial charge in [0.25, 0.3) is 0 Å². The predicted molar refractivity (Wildman–Crippen MR) is 83.6 cm³/mol. The lowest BCUT2D eigenvalue weighted by Crippen LogP contribution is -2.01. The topological polar surface area (TPSA) is 61.1 Å². The van der Waals surface area contributed by atoms with Gasteiger partial charge in [-0.05, 0) is 41.4 Å². The first-order valence-electron chi connectivity index (χ1n) is 6.57. The number of hydrogen-bond acceptors (Lipinski definition) is 3. The number of nitrogen functional groups attached to an aromatic ring is 1. The molecule has 0 bridgehead atoms. The molecule has 3 aromatic rings. The van der Waals surface area contributed by atoms with Crippen LogP contribution in [-0.4, -0.2) is 18.9 Å². The molecule has 0 aliphatic carbocycles. The lowest BCUT2D eigenvalue weighted by molar-refractivity contribution is 0.683. The van der Waals surface area contributed by atoms with Gasteiger partial charge in [0.1, 0.15) is 17.2 Å². The molecule has 0 aromatic carbocycles. The number of aryl methyl sites for hydroxylation is 2. The molecule has 0 saturated heterocycles. The summed E-state index contributed by atoms with van der Waals surface area (Å²) in [4.78, 5) is 8.87. The number of imidazole rings is 2. The Morgan fingerprint density at radius 3 is 2.90 bits per heavy atom. The first-order chi connectivity index (χ1) is 9.63. The number of pyridine rings is 1. The Morgan fingerprint density at radius 1 is 1.35 bits per heavy atom. The maximum Gasteiger partial charge on any atom is 0.139 e. The van der Waals surface area contributed by atoms with Crippen LogP contribution in [0.3, 0.4) is 0 Å². The third kappa shape index (κ3) is 1.91. The molecule has 0 spiro atoms. The molecule has 104 valence electrons. The second-order valence-electron chi connectivity index (χ2n) is 4.78. The molecule has 0 aliphatic heterocycles. The van der Waals surface area contributed by atoms with Crippen molar-refractivity contribution in [3.63, 3.8) is 0 Å². The SMILES string of the molecule is CCCn1cncc1-c1nc2ccc(Br)c(C)n2c1N. The molecule has 0 unspecified atom stereocenters. The Labute approximate surface area is 125 Å². The van der Waals surface area contributed by atoms with E-state index in [2.05, 4.69) is 37.4 Å². The van der Waals surface area contributed by atoms with E-state index < -0.39 is 0 Å². The van der Waals surface area contributed by atoms with Crippen LogP contribution in [0.5, 0.6) is 0 Å². The van der Waals surface area contributed by atoms with Crippen LogP contribution in [-0.2, 0) is 6.54 Å². The molecule has 3 heterocycles. The van der Waals surface area contributed by atoms with E-state index >= 15 is 0 Å². The molecule has 2 N–H and O–H groups in total. The minimum absolute atomic E-state index is 0.650. The van der Waals surface area contributed by atoms with Crippen LogP contribution in [0.2, 0.25) is 0 Å². The summed E-state index contributed by atoms with van der Waals surface area (Å²) in [6.07, 6.45) is 4.68. The highest BCUT2D eigenvalue weighted by atomic mass is 79.9. The second-order valence-corrected chi connectivity index (χ2v) is 5.63. The van der Waals surface area contributed by atoms with Crippen LogP contribution in [0.25, 0.3) is 17.0 Å². The Hall–Kier alpha value is -1.82. The summed E-state index contributed by atoms with van der Waals surface area (Å²) in [7, 11) is 0. The average molecular weight is 334 g/mol. The summed E-state index contributed by atoms with van der Waals surface area (Å²) >= 11 is 3.53. The average Bonchev–Trinajstić information content (AvgIpc) is 3.00. The number of nitrogens with two attached hydrogens (primary N) is 1. The van der Waals surface area contributed by atoms with Gasteiger partial charge in [-0.25, -0.2) is 9.97 Å². The van der Waals surface area contributed by atoms with Gasteiger partial charge in [-0.2, -0.15) is 0 Å². The zero-order valence-electron chi connectivity index (χ0n) is 11.5. The number of anilines is 1. The van der Waals surface area contributed by atoms with Crippen molar-refractivity contribution in [2.24, 2.45) is 0 Å². The summed E-state index contributed by atoms with van der Waals surface area (Å²) in [5.41, 5.74) is 9.95. The van der Waals surface area contributed by atoms with Crippen molar-refractivity contribution in [1.29, 1.82) is 0 Å². The van der Waals surface area contributed by atoms with Gasteiger partial charge in [0.2, 0.25) is 0 Å². The first-order valence-corrected chi connectivity index (χ1v) is 7.36. The Kier molecular flexibility index (Phi) is 3.25. The van der Waals surface area contributed by atoms with Crippen LogP contribution in [0.15, 0.2) is 29.1 Å². The molecular formula is C14H16BrN5. The van der Waals surface area contributed by atoms with E-state index in [1.165, 1.54) is 0 Å². The molecule has 6 heteroatoms. The number of hydrogen-bond donors (Lipinski definition) is 1. The zero-order chi connectivity index (χ0) is 14.3. The molecule has 0 fully saturated rings. The van der Waals surface area contributed by atoms with E-state index in [9.17, 15) is 0 Å². The maximum absolute atomic E-state index is 6.30.